The third-order valence-electron chi connectivity index (χ3n) is 4.13. The maximum absolute atomic E-state index is 12.4. The molecule has 1 aliphatic heterocycles. The van der Waals surface area contributed by atoms with Gasteiger partial charge in [-0.15, -0.1) is 11.3 Å². The van der Waals surface area contributed by atoms with Crippen molar-refractivity contribution in [2.45, 2.75) is 12.5 Å². The number of rotatable bonds is 6. The lowest BCUT2D eigenvalue weighted by Gasteiger charge is -2.20. The summed E-state index contributed by atoms with van der Waals surface area (Å²) in [5, 5.41) is 15.1. The molecule has 2 unspecified atom stereocenters. The second-order valence-electron chi connectivity index (χ2n) is 5.85. The number of amides is 1. The van der Waals surface area contributed by atoms with Crippen LogP contribution in [0.4, 0.5) is 0 Å². The van der Waals surface area contributed by atoms with Gasteiger partial charge in [-0.25, -0.2) is 4.98 Å². The quantitative estimate of drug-likeness (QED) is 0.845. The van der Waals surface area contributed by atoms with Crippen molar-refractivity contribution >= 4 is 17.2 Å². The van der Waals surface area contributed by atoms with Crippen molar-refractivity contribution in [3.63, 3.8) is 0 Å². The fraction of sp³-hybridized carbons (Fsp3) is 0.412. The predicted octanol–water partition coefficient (Wildman–Crippen LogP) is 1.66. The van der Waals surface area contributed by atoms with Crippen molar-refractivity contribution in [3.8, 4) is 0 Å². The first-order chi connectivity index (χ1) is 11.3. The molecule has 0 radical (unpaired) electrons. The number of carbonyl (C=O) groups excluding carboxylic acids is 1. The van der Waals surface area contributed by atoms with Gasteiger partial charge in [0.25, 0.3) is 0 Å². The number of likely N-dealkylation sites (tertiary alicyclic amines) is 1. The molecule has 2 aromatic rings. The van der Waals surface area contributed by atoms with Gasteiger partial charge in [0.1, 0.15) is 11.0 Å². The highest BCUT2D eigenvalue weighted by atomic mass is 32.1. The number of nitrogens with one attached hydrogen (secondary N) is 1. The Hall–Kier alpha value is -1.76. The standard InChI is InChI=1S/C17H21N3O2S/c21-12-13-6-8-20(10-13)11-15(22)19-16(17-18-7-9-23-17)14-4-2-1-3-5-14/h1-5,7,9,13,16,21H,6,8,10-12H2,(H,19,22). The molecule has 6 heteroatoms. The summed E-state index contributed by atoms with van der Waals surface area (Å²) in [4.78, 5) is 18.9. The predicted molar refractivity (Wildman–Crippen MR) is 90.2 cm³/mol. The van der Waals surface area contributed by atoms with E-state index < -0.39 is 0 Å². The molecule has 1 fully saturated rings. The minimum absolute atomic E-state index is 0.00681. The van der Waals surface area contributed by atoms with Crippen LogP contribution in [0.3, 0.4) is 0 Å². The summed E-state index contributed by atoms with van der Waals surface area (Å²) < 4.78 is 0. The van der Waals surface area contributed by atoms with Crippen molar-refractivity contribution in [1.29, 1.82) is 0 Å². The Bertz CT molecular complexity index is 618. The van der Waals surface area contributed by atoms with Crippen LogP contribution in [0.2, 0.25) is 0 Å². The van der Waals surface area contributed by atoms with Gasteiger partial charge in [0, 0.05) is 24.7 Å². The highest BCUT2D eigenvalue weighted by Crippen LogP contribution is 2.24. The van der Waals surface area contributed by atoms with Gasteiger partial charge in [0.05, 0.1) is 6.54 Å². The van der Waals surface area contributed by atoms with Gasteiger partial charge in [-0.2, -0.15) is 0 Å². The average molecular weight is 331 g/mol. The Labute approximate surface area is 140 Å². The van der Waals surface area contributed by atoms with Crippen molar-refractivity contribution in [2.24, 2.45) is 5.92 Å². The van der Waals surface area contributed by atoms with Gasteiger partial charge in [0.2, 0.25) is 5.91 Å². The fourth-order valence-electron chi connectivity index (χ4n) is 2.93. The van der Waals surface area contributed by atoms with Crippen LogP contribution < -0.4 is 5.32 Å². The molecule has 1 aromatic carbocycles. The number of carbonyl (C=O) groups is 1. The van der Waals surface area contributed by atoms with Crippen LogP contribution in [0.25, 0.3) is 0 Å². The minimum atomic E-state index is -0.208. The van der Waals surface area contributed by atoms with Crippen molar-refractivity contribution in [2.75, 3.05) is 26.2 Å². The zero-order chi connectivity index (χ0) is 16.1. The Balaban J connectivity index is 1.66. The molecule has 3 rings (SSSR count). The van der Waals surface area contributed by atoms with Gasteiger partial charge >= 0.3 is 0 Å². The third kappa shape index (κ3) is 4.16. The number of nitrogens with zero attached hydrogens (tertiary/aromatic N) is 2. The van der Waals surface area contributed by atoms with Crippen LogP contribution in [0.1, 0.15) is 23.0 Å². The second-order valence-corrected chi connectivity index (χ2v) is 6.78. The van der Waals surface area contributed by atoms with Crippen LogP contribution >= 0.6 is 11.3 Å². The molecule has 0 saturated carbocycles. The molecule has 5 nitrogen and oxygen atoms in total. The highest BCUT2D eigenvalue weighted by molar-refractivity contribution is 7.09. The fourth-order valence-corrected chi connectivity index (χ4v) is 3.64. The Morgan fingerprint density at radius 3 is 2.91 bits per heavy atom. The molecule has 2 atom stereocenters. The van der Waals surface area contributed by atoms with E-state index in [-0.39, 0.29) is 18.6 Å². The molecule has 23 heavy (non-hydrogen) atoms. The molecule has 0 spiro atoms. The zero-order valence-electron chi connectivity index (χ0n) is 12.9. The molecule has 122 valence electrons. The van der Waals surface area contributed by atoms with Gasteiger partial charge in [-0.3, -0.25) is 9.69 Å². The van der Waals surface area contributed by atoms with Crippen LogP contribution in [-0.2, 0) is 4.79 Å². The number of hydrogen-bond acceptors (Lipinski definition) is 5. The lowest BCUT2D eigenvalue weighted by atomic mass is 10.1. The third-order valence-corrected chi connectivity index (χ3v) is 4.97. The maximum Gasteiger partial charge on any atom is 0.235 e. The summed E-state index contributed by atoms with van der Waals surface area (Å²) in [6.45, 7) is 2.22. The largest absolute Gasteiger partial charge is 0.396 e. The summed E-state index contributed by atoms with van der Waals surface area (Å²) in [7, 11) is 0. The first kappa shape index (κ1) is 16.1. The molecule has 1 aliphatic rings. The number of hydrogen-bond donors (Lipinski definition) is 2. The van der Waals surface area contributed by atoms with Crippen LogP contribution in [-0.4, -0.2) is 47.1 Å². The van der Waals surface area contributed by atoms with E-state index in [2.05, 4.69) is 15.2 Å². The number of thiazole rings is 1. The monoisotopic (exact) mass is 331 g/mol. The Kier molecular flexibility index (Phi) is 5.38. The van der Waals surface area contributed by atoms with Crippen molar-refractivity contribution < 1.29 is 9.90 Å². The van der Waals surface area contributed by atoms with E-state index in [0.29, 0.717) is 12.5 Å². The first-order valence-corrected chi connectivity index (χ1v) is 8.71. The van der Waals surface area contributed by atoms with E-state index in [0.717, 1.165) is 30.1 Å². The lowest BCUT2D eigenvalue weighted by molar-refractivity contribution is -0.122. The molecular formula is C17H21N3O2S. The second kappa shape index (κ2) is 7.68. The van der Waals surface area contributed by atoms with Gasteiger partial charge in [-0.1, -0.05) is 30.3 Å². The Morgan fingerprint density at radius 2 is 2.26 bits per heavy atom. The molecule has 2 N–H and O–H groups in total. The van der Waals surface area contributed by atoms with E-state index in [1.165, 1.54) is 0 Å². The summed E-state index contributed by atoms with van der Waals surface area (Å²) in [6, 6.07) is 9.69. The van der Waals surface area contributed by atoms with E-state index in [1.807, 2.05) is 35.7 Å². The zero-order valence-corrected chi connectivity index (χ0v) is 13.7. The van der Waals surface area contributed by atoms with E-state index in [4.69, 9.17) is 0 Å². The Morgan fingerprint density at radius 1 is 1.43 bits per heavy atom. The SMILES string of the molecule is O=C(CN1CCC(CO)C1)NC(c1ccccc1)c1nccs1. The van der Waals surface area contributed by atoms with Gasteiger partial charge in [0.15, 0.2) is 0 Å². The number of aliphatic hydroxyl groups excluding tert-OH is 1. The minimum Gasteiger partial charge on any atom is -0.396 e. The molecule has 0 aliphatic carbocycles. The smallest absolute Gasteiger partial charge is 0.235 e. The van der Waals surface area contributed by atoms with Gasteiger partial charge < -0.3 is 10.4 Å². The van der Waals surface area contributed by atoms with Crippen LogP contribution in [0.15, 0.2) is 41.9 Å². The first-order valence-electron chi connectivity index (χ1n) is 7.83. The molecule has 2 heterocycles. The summed E-state index contributed by atoms with van der Waals surface area (Å²) in [5.41, 5.74) is 1.03. The molecule has 1 aromatic heterocycles. The molecule has 1 saturated heterocycles. The molecule has 0 bridgehead atoms. The van der Waals surface area contributed by atoms with Crippen molar-refractivity contribution in [3.05, 3.63) is 52.5 Å². The lowest BCUT2D eigenvalue weighted by Crippen LogP contribution is -2.38. The number of benzene rings is 1. The topological polar surface area (TPSA) is 65.5 Å². The molecular weight excluding hydrogens is 310 g/mol. The van der Waals surface area contributed by atoms with Crippen LogP contribution in [0.5, 0.6) is 0 Å². The van der Waals surface area contributed by atoms with Gasteiger partial charge in [-0.05, 0) is 24.4 Å². The maximum atomic E-state index is 12.4. The number of aliphatic hydroxyl groups is 1. The van der Waals surface area contributed by atoms with E-state index in [9.17, 15) is 9.90 Å². The average Bonchev–Trinajstić information content (AvgIpc) is 3.25. The van der Waals surface area contributed by atoms with E-state index >= 15 is 0 Å². The van der Waals surface area contributed by atoms with E-state index in [1.54, 1.807) is 17.5 Å². The highest BCUT2D eigenvalue weighted by Gasteiger charge is 2.25. The summed E-state index contributed by atoms with van der Waals surface area (Å²) in [5.74, 6) is 0.291. The van der Waals surface area contributed by atoms with Crippen molar-refractivity contribution in [1.82, 2.24) is 15.2 Å². The molecule has 1 amide bonds. The number of aromatic nitrogens is 1. The summed E-state index contributed by atoms with van der Waals surface area (Å²) in [6.07, 6.45) is 2.72. The summed E-state index contributed by atoms with van der Waals surface area (Å²) >= 11 is 1.54. The van der Waals surface area contributed by atoms with Crippen LogP contribution in [0, 0.1) is 5.92 Å². The normalized spacial score (nSPS) is 19.6.